The number of aromatic nitrogens is 2. The molecule has 0 unspecified atom stereocenters. The summed E-state index contributed by atoms with van der Waals surface area (Å²) in [6.07, 6.45) is 5.52. The molecule has 37 heavy (non-hydrogen) atoms. The summed E-state index contributed by atoms with van der Waals surface area (Å²) < 4.78 is 32.3. The number of sulfone groups is 1. The lowest BCUT2D eigenvalue weighted by molar-refractivity contribution is 0.0985. The first-order valence-corrected chi connectivity index (χ1v) is 15.0. The summed E-state index contributed by atoms with van der Waals surface area (Å²) in [7, 11) is -3.36. The van der Waals surface area contributed by atoms with E-state index < -0.39 is 14.6 Å². The second-order valence-electron chi connectivity index (χ2n) is 10.5. The minimum Gasteiger partial charge on any atom is -0.377 e. The second-order valence-corrected chi connectivity index (χ2v) is 13.0. The Hall–Kier alpha value is -2.72. The fourth-order valence-electron chi connectivity index (χ4n) is 5.45. The summed E-state index contributed by atoms with van der Waals surface area (Å²) in [4.78, 5) is 24.0. The average molecular weight is 528 g/mol. The fourth-order valence-corrected chi connectivity index (χ4v) is 8.10. The monoisotopic (exact) mass is 527 g/mol. The first kappa shape index (κ1) is 25.9. The minimum absolute atomic E-state index is 0.124. The van der Waals surface area contributed by atoms with Crippen LogP contribution in [0.1, 0.15) is 64.5 Å². The third-order valence-electron chi connectivity index (χ3n) is 7.77. The number of hydrogen-bond acceptors (Lipinski definition) is 7. The molecule has 0 spiro atoms. The molecule has 10 heteroatoms. The predicted octanol–water partition coefficient (Wildman–Crippen LogP) is 4.25. The van der Waals surface area contributed by atoms with E-state index in [-0.39, 0.29) is 17.3 Å². The van der Waals surface area contributed by atoms with E-state index in [1.807, 2.05) is 37.3 Å². The summed E-state index contributed by atoms with van der Waals surface area (Å²) in [5.74, 6) is 1.24. The Morgan fingerprint density at radius 3 is 2.54 bits per heavy atom. The number of anilines is 2. The number of rotatable bonds is 8. The molecule has 1 aromatic carbocycles. The van der Waals surface area contributed by atoms with E-state index in [2.05, 4.69) is 22.5 Å². The van der Waals surface area contributed by atoms with E-state index >= 15 is 0 Å². The van der Waals surface area contributed by atoms with Gasteiger partial charge in [-0.2, -0.15) is 0 Å². The molecule has 1 saturated heterocycles. The molecule has 2 aliphatic carbocycles. The van der Waals surface area contributed by atoms with Gasteiger partial charge >= 0.3 is 6.03 Å². The summed E-state index contributed by atoms with van der Waals surface area (Å²) in [5, 5.41) is 5.35. The van der Waals surface area contributed by atoms with Crippen molar-refractivity contribution in [3.63, 3.8) is 0 Å². The van der Waals surface area contributed by atoms with Crippen LogP contribution in [0.4, 0.5) is 16.3 Å². The molecule has 2 aromatic rings. The molecule has 2 N–H and O–H groups in total. The van der Waals surface area contributed by atoms with Crippen LogP contribution in [0.15, 0.2) is 30.3 Å². The van der Waals surface area contributed by atoms with Gasteiger partial charge in [-0.25, -0.2) is 23.2 Å². The van der Waals surface area contributed by atoms with E-state index in [0.717, 1.165) is 43.5 Å². The molecular weight excluding hydrogens is 490 g/mol. The van der Waals surface area contributed by atoms with Crippen molar-refractivity contribution in [2.45, 2.75) is 74.8 Å². The number of amides is 2. The highest BCUT2D eigenvalue weighted by molar-refractivity contribution is 7.93. The van der Waals surface area contributed by atoms with Crippen molar-refractivity contribution in [2.24, 2.45) is 0 Å². The first-order chi connectivity index (χ1) is 17.8. The Kier molecular flexibility index (Phi) is 7.40. The van der Waals surface area contributed by atoms with Gasteiger partial charge in [0.2, 0.25) is 0 Å². The first-order valence-electron chi connectivity index (χ1n) is 13.5. The zero-order valence-corrected chi connectivity index (χ0v) is 22.5. The molecule has 200 valence electrons. The Labute approximate surface area is 219 Å². The lowest BCUT2D eigenvalue weighted by Crippen LogP contribution is -2.44. The van der Waals surface area contributed by atoms with E-state index in [4.69, 9.17) is 14.7 Å². The van der Waals surface area contributed by atoms with Crippen molar-refractivity contribution in [3.8, 4) is 11.4 Å². The Morgan fingerprint density at radius 2 is 1.89 bits per heavy atom. The molecule has 2 saturated carbocycles. The van der Waals surface area contributed by atoms with Crippen LogP contribution < -0.4 is 15.5 Å². The maximum absolute atomic E-state index is 13.8. The molecule has 5 rings (SSSR count). The van der Waals surface area contributed by atoms with Gasteiger partial charge in [-0.3, -0.25) is 0 Å². The Morgan fingerprint density at radius 1 is 1.16 bits per heavy atom. The van der Waals surface area contributed by atoms with Gasteiger partial charge in [0.1, 0.15) is 10.6 Å². The third kappa shape index (κ3) is 5.18. The molecule has 0 bridgehead atoms. The van der Waals surface area contributed by atoms with Gasteiger partial charge in [0.05, 0.1) is 30.2 Å². The van der Waals surface area contributed by atoms with Gasteiger partial charge in [-0.05, 0) is 63.3 Å². The SMILES string of the molecule is CCCNC(=O)Nc1ccc(-c2nc(N3CCOC[C@@H]3C)cc(C3(S(=O)(=O)C4CCCC4)CC3)n2)cc1. The van der Waals surface area contributed by atoms with Crippen molar-refractivity contribution in [1.82, 2.24) is 15.3 Å². The van der Waals surface area contributed by atoms with Crippen LogP contribution in [-0.4, -0.2) is 62.0 Å². The van der Waals surface area contributed by atoms with E-state index in [9.17, 15) is 13.2 Å². The van der Waals surface area contributed by atoms with Crippen LogP contribution in [0.2, 0.25) is 0 Å². The van der Waals surface area contributed by atoms with Crippen molar-refractivity contribution in [3.05, 3.63) is 36.0 Å². The number of hydrogen-bond donors (Lipinski definition) is 2. The third-order valence-corrected chi connectivity index (χ3v) is 10.8. The number of nitrogens with zero attached hydrogens (tertiary/aromatic N) is 3. The number of benzene rings is 1. The number of morpholine rings is 1. The lowest BCUT2D eigenvalue weighted by atomic mass is 10.1. The van der Waals surface area contributed by atoms with E-state index in [0.29, 0.717) is 56.4 Å². The summed E-state index contributed by atoms with van der Waals surface area (Å²) >= 11 is 0. The van der Waals surface area contributed by atoms with Crippen molar-refractivity contribution in [2.75, 3.05) is 36.5 Å². The van der Waals surface area contributed by atoms with Gasteiger partial charge < -0.3 is 20.3 Å². The van der Waals surface area contributed by atoms with Gasteiger partial charge in [-0.15, -0.1) is 0 Å². The van der Waals surface area contributed by atoms with Crippen LogP contribution in [0.3, 0.4) is 0 Å². The normalized spacial score (nSPS) is 21.6. The quantitative estimate of drug-likeness (QED) is 0.528. The maximum atomic E-state index is 13.8. The molecule has 1 atom stereocenters. The van der Waals surface area contributed by atoms with E-state index in [1.54, 1.807) is 0 Å². The van der Waals surface area contributed by atoms with Crippen molar-refractivity contribution in [1.29, 1.82) is 0 Å². The van der Waals surface area contributed by atoms with Gasteiger partial charge in [0.25, 0.3) is 0 Å². The van der Waals surface area contributed by atoms with Crippen LogP contribution in [-0.2, 0) is 19.3 Å². The minimum atomic E-state index is -3.36. The Bertz CT molecular complexity index is 1220. The number of carbonyl (C=O) groups excluding carboxylic acids is 1. The van der Waals surface area contributed by atoms with Crippen LogP contribution in [0.5, 0.6) is 0 Å². The lowest BCUT2D eigenvalue weighted by Gasteiger charge is -2.35. The maximum Gasteiger partial charge on any atom is 0.319 e. The number of ether oxygens (including phenoxy) is 1. The largest absolute Gasteiger partial charge is 0.377 e. The topological polar surface area (TPSA) is 114 Å². The van der Waals surface area contributed by atoms with Crippen molar-refractivity contribution >= 4 is 27.4 Å². The highest BCUT2D eigenvalue weighted by atomic mass is 32.2. The Balaban J connectivity index is 1.50. The van der Waals surface area contributed by atoms with Gasteiger partial charge in [-0.1, -0.05) is 19.8 Å². The molecule has 3 aliphatic rings. The molecule has 2 heterocycles. The van der Waals surface area contributed by atoms with Crippen LogP contribution >= 0.6 is 0 Å². The molecule has 2 amide bonds. The smallest absolute Gasteiger partial charge is 0.319 e. The average Bonchev–Trinajstić information content (AvgIpc) is 3.54. The van der Waals surface area contributed by atoms with Gasteiger partial charge in [0.15, 0.2) is 15.7 Å². The van der Waals surface area contributed by atoms with E-state index in [1.165, 1.54) is 0 Å². The van der Waals surface area contributed by atoms with Crippen molar-refractivity contribution < 1.29 is 17.9 Å². The standard InChI is InChI=1S/C27H37N5O4S/c1-3-14-28-26(33)29-21-10-8-20(9-11-21)25-30-23(17-24(31-25)32-15-16-36-18-19(32)2)27(12-13-27)37(34,35)22-6-4-5-7-22/h8-11,17,19,22H,3-7,12-16,18H2,1-2H3,(H2,28,29,33)/t19-/m0/s1. The molecular formula is C27H37N5O4S. The molecule has 0 radical (unpaired) electrons. The second kappa shape index (κ2) is 10.6. The summed E-state index contributed by atoms with van der Waals surface area (Å²) in [6.45, 7) is 6.59. The highest BCUT2D eigenvalue weighted by Crippen LogP contribution is 2.55. The highest BCUT2D eigenvalue weighted by Gasteiger charge is 2.59. The molecule has 9 nitrogen and oxygen atoms in total. The van der Waals surface area contributed by atoms with Gasteiger partial charge in [0, 0.05) is 30.4 Å². The zero-order chi connectivity index (χ0) is 26.0. The molecule has 1 aromatic heterocycles. The van der Waals surface area contributed by atoms with Crippen LogP contribution in [0, 0.1) is 0 Å². The summed E-state index contributed by atoms with van der Waals surface area (Å²) in [6, 6.07) is 9.15. The number of nitrogens with one attached hydrogen (secondary N) is 2. The fraction of sp³-hybridized carbons (Fsp3) is 0.593. The number of carbonyl (C=O) groups is 1. The summed E-state index contributed by atoms with van der Waals surface area (Å²) in [5.41, 5.74) is 2.05. The van der Waals surface area contributed by atoms with Crippen LogP contribution in [0.25, 0.3) is 11.4 Å². The molecule has 3 fully saturated rings. The predicted molar refractivity (Wildman–Crippen MR) is 144 cm³/mol. The zero-order valence-electron chi connectivity index (χ0n) is 21.7. The number of urea groups is 1. The molecule has 1 aliphatic heterocycles.